The van der Waals surface area contributed by atoms with E-state index in [1.54, 1.807) is 0 Å². The molecular formula is C7H10N2O3. The molecule has 1 rings (SSSR count). The molecule has 0 bridgehead atoms. The second-order valence-electron chi connectivity index (χ2n) is 2.79. The predicted octanol–water partition coefficient (Wildman–Crippen LogP) is -1.47. The predicted molar refractivity (Wildman–Crippen MR) is 40.2 cm³/mol. The van der Waals surface area contributed by atoms with Gasteiger partial charge in [-0.3, -0.25) is 14.4 Å². The van der Waals surface area contributed by atoms with Crippen molar-refractivity contribution < 1.29 is 14.4 Å². The standard InChI is InChI=1S/C7H10N2O3/c1-4(10)8-6-5(11)3-9(2)7(6)12/h6H,3H2,1-2H3,(H,8,10). The Labute approximate surface area is 69.7 Å². The third kappa shape index (κ3) is 1.44. The largest absolute Gasteiger partial charge is 0.338 e. The van der Waals surface area contributed by atoms with Crippen LogP contribution in [0.25, 0.3) is 0 Å². The smallest absolute Gasteiger partial charge is 0.253 e. The summed E-state index contributed by atoms with van der Waals surface area (Å²) < 4.78 is 0. The molecule has 0 aromatic heterocycles. The van der Waals surface area contributed by atoms with Gasteiger partial charge in [-0.25, -0.2) is 0 Å². The van der Waals surface area contributed by atoms with Crippen LogP contribution in [0.15, 0.2) is 0 Å². The molecule has 1 aliphatic rings. The lowest BCUT2D eigenvalue weighted by Crippen LogP contribution is -2.42. The maximum Gasteiger partial charge on any atom is 0.253 e. The van der Waals surface area contributed by atoms with Crippen molar-refractivity contribution in [1.29, 1.82) is 0 Å². The van der Waals surface area contributed by atoms with Crippen LogP contribution in [0.4, 0.5) is 0 Å². The number of Topliss-reactive ketones (excluding diaryl/α,β-unsaturated/α-hetero) is 1. The van der Waals surface area contributed by atoms with Crippen molar-refractivity contribution in [1.82, 2.24) is 10.2 Å². The quantitative estimate of drug-likeness (QED) is 0.489. The van der Waals surface area contributed by atoms with E-state index in [-0.39, 0.29) is 24.1 Å². The van der Waals surface area contributed by atoms with Crippen molar-refractivity contribution in [3.8, 4) is 0 Å². The SMILES string of the molecule is CC(=O)NC1C(=O)CN(C)C1=O. The number of carbonyl (C=O) groups excluding carboxylic acids is 3. The number of hydrogen-bond donors (Lipinski definition) is 1. The molecule has 5 nitrogen and oxygen atoms in total. The summed E-state index contributed by atoms with van der Waals surface area (Å²) in [5.41, 5.74) is 0. The van der Waals surface area contributed by atoms with Crippen molar-refractivity contribution in [2.75, 3.05) is 13.6 Å². The van der Waals surface area contributed by atoms with Crippen molar-refractivity contribution in [3.05, 3.63) is 0 Å². The topological polar surface area (TPSA) is 66.5 Å². The molecule has 66 valence electrons. The molecule has 2 amide bonds. The molecule has 0 aromatic rings. The summed E-state index contributed by atoms with van der Waals surface area (Å²) in [6.07, 6.45) is 0. The Morgan fingerprint density at radius 2 is 2.17 bits per heavy atom. The molecule has 0 spiro atoms. The molecular weight excluding hydrogens is 160 g/mol. The van der Waals surface area contributed by atoms with E-state index in [0.717, 1.165) is 0 Å². The Morgan fingerprint density at radius 1 is 1.58 bits per heavy atom. The number of carbonyl (C=O) groups is 3. The van der Waals surface area contributed by atoms with Gasteiger partial charge in [0.2, 0.25) is 5.91 Å². The van der Waals surface area contributed by atoms with Gasteiger partial charge in [0.15, 0.2) is 11.8 Å². The second-order valence-corrected chi connectivity index (χ2v) is 2.79. The summed E-state index contributed by atoms with van der Waals surface area (Å²) in [7, 11) is 1.53. The number of nitrogens with zero attached hydrogens (tertiary/aromatic N) is 1. The van der Waals surface area contributed by atoms with Gasteiger partial charge in [-0.05, 0) is 0 Å². The lowest BCUT2D eigenvalue weighted by atomic mass is 10.2. The van der Waals surface area contributed by atoms with Gasteiger partial charge in [0.05, 0.1) is 6.54 Å². The molecule has 1 unspecified atom stereocenters. The van der Waals surface area contributed by atoms with Crippen LogP contribution in [0.1, 0.15) is 6.92 Å². The minimum atomic E-state index is -0.951. The molecule has 5 heteroatoms. The third-order valence-electron chi connectivity index (χ3n) is 1.69. The molecule has 1 heterocycles. The molecule has 12 heavy (non-hydrogen) atoms. The van der Waals surface area contributed by atoms with Crippen LogP contribution in [0.5, 0.6) is 0 Å². The fourth-order valence-corrected chi connectivity index (χ4v) is 1.11. The number of hydrogen-bond acceptors (Lipinski definition) is 3. The van der Waals surface area contributed by atoms with E-state index in [0.29, 0.717) is 0 Å². The molecule has 1 fully saturated rings. The minimum absolute atomic E-state index is 0.0871. The van der Waals surface area contributed by atoms with Crippen molar-refractivity contribution in [3.63, 3.8) is 0 Å². The fraction of sp³-hybridized carbons (Fsp3) is 0.571. The zero-order valence-electron chi connectivity index (χ0n) is 6.96. The first-order valence-electron chi connectivity index (χ1n) is 3.57. The average Bonchev–Trinajstić information content (AvgIpc) is 2.16. The lowest BCUT2D eigenvalue weighted by molar-refractivity contribution is -0.132. The Hall–Kier alpha value is -1.39. The number of likely N-dealkylation sites (N-methyl/N-ethyl adjacent to an activating group) is 1. The summed E-state index contributed by atoms with van der Waals surface area (Å²) in [5.74, 6) is -0.954. The molecule has 1 aliphatic heterocycles. The van der Waals surface area contributed by atoms with Crippen LogP contribution in [0, 0.1) is 0 Å². The Balaban J connectivity index is 2.70. The van der Waals surface area contributed by atoms with Gasteiger partial charge in [-0.2, -0.15) is 0 Å². The third-order valence-corrected chi connectivity index (χ3v) is 1.69. The summed E-state index contributed by atoms with van der Waals surface area (Å²) in [4.78, 5) is 34.1. The van der Waals surface area contributed by atoms with Gasteiger partial charge in [-0.15, -0.1) is 0 Å². The molecule has 0 saturated carbocycles. The van der Waals surface area contributed by atoms with E-state index in [2.05, 4.69) is 5.32 Å². The summed E-state index contributed by atoms with van der Waals surface area (Å²) in [5, 5.41) is 2.29. The maximum atomic E-state index is 11.1. The van der Waals surface area contributed by atoms with Crippen LogP contribution in [0.2, 0.25) is 0 Å². The summed E-state index contributed by atoms with van der Waals surface area (Å²) >= 11 is 0. The van der Waals surface area contributed by atoms with Crippen molar-refractivity contribution in [2.45, 2.75) is 13.0 Å². The van der Waals surface area contributed by atoms with E-state index < -0.39 is 6.04 Å². The number of amides is 2. The number of likely N-dealkylation sites (tertiary alicyclic amines) is 1. The highest BCUT2D eigenvalue weighted by Gasteiger charge is 2.37. The summed E-state index contributed by atoms with van der Waals surface area (Å²) in [6.45, 7) is 1.36. The molecule has 1 atom stereocenters. The van der Waals surface area contributed by atoms with Crippen LogP contribution in [-0.2, 0) is 14.4 Å². The maximum absolute atomic E-state index is 11.1. The molecule has 0 radical (unpaired) electrons. The Morgan fingerprint density at radius 3 is 2.50 bits per heavy atom. The number of nitrogens with one attached hydrogen (secondary N) is 1. The normalized spacial score (nSPS) is 23.2. The lowest BCUT2D eigenvalue weighted by Gasteiger charge is -2.08. The van der Waals surface area contributed by atoms with Crippen molar-refractivity contribution >= 4 is 17.6 Å². The van der Waals surface area contributed by atoms with Gasteiger partial charge in [0.1, 0.15) is 0 Å². The first-order valence-corrected chi connectivity index (χ1v) is 3.57. The van der Waals surface area contributed by atoms with Gasteiger partial charge in [0, 0.05) is 14.0 Å². The highest BCUT2D eigenvalue weighted by atomic mass is 16.2. The minimum Gasteiger partial charge on any atom is -0.338 e. The molecule has 1 saturated heterocycles. The van der Waals surface area contributed by atoms with E-state index in [9.17, 15) is 14.4 Å². The van der Waals surface area contributed by atoms with E-state index >= 15 is 0 Å². The van der Waals surface area contributed by atoms with E-state index in [1.807, 2.05) is 0 Å². The second kappa shape index (κ2) is 2.92. The van der Waals surface area contributed by atoms with Crippen LogP contribution in [0.3, 0.4) is 0 Å². The van der Waals surface area contributed by atoms with Crippen LogP contribution < -0.4 is 5.32 Å². The van der Waals surface area contributed by atoms with Crippen molar-refractivity contribution in [2.24, 2.45) is 0 Å². The number of ketones is 1. The highest BCUT2D eigenvalue weighted by molar-refractivity contribution is 6.13. The van der Waals surface area contributed by atoms with E-state index in [1.165, 1.54) is 18.9 Å². The summed E-state index contributed by atoms with van der Waals surface area (Å²) in [6, 6.07) is -0.951. The highest BCUT2D eigenvalue weighted by Crippen LogP contribution is 2.04. The zero-order valence-corrected chi connectivity index (χ0v) is 6.96. The Bertz CT molecular complexity index is 249. The zero-order chi connectivity index (χ0) is 9.30. The first kappa shape index (κ1) is 8.70. The van der Waals surface area contributed by atoms with Crippen LogP contribution >= 0.6 is 0 Å². The van der Waals surface area contributed by atoms with Crippen LogP contribution in [-0.4, -0.2) is 42.1 Å². The Kier molecular flexibility index (Phi) is 2.12. The molecule has 0 aliphatic carbocycles. The average molecular weight is 170 g/mol. The fourth-order valence-electron chi connectivity index (χ4n) is 1.11. The van der Waals surface area contributed by atoms with E-state index in [4.69, 9.17) is 0 Å². The van der Waals surface area contributed by atoms with Gasteiger partial charge < -0.3 is 10.2 Å². The van der Waals surface area contributed by atoms with Gasteiger partial charge in [0.25, 0.3) is 5.91 Å². The van der Waals surface area contributed by atoms with Gasteiger partial charge >= 0.3 is 0 Å². The van der Waals surface area contributed by atoms with Gasteiger partial charge in [-0.1, -0.05) is 0 Å². The molecule has 1 N–H and O–H groups in total. The monoisotopic (exact) mass is 170 g/mol. The number of rotatable bonds is 1. The first-order chi connectivity index (χ1) is 5.52. The molecule has 0 aromatic carbocycles.